The summed E-state index contributed by atoms with van der Waals surface area (Å²) in [6.07, 6.45) is 4.73. The predicted octanol–water partition coefficient (Wildman–Crippen LogP) is 3.26. The fraction of sp³-hybridized carbons (Fsp3) is 0.278. The topological polar surface area (TPSA) is 43.1 Å². The first-order valence-electron chi connectivity index (χ1n) is 7.23. The highest BCUT2D eigenvalue weighted by molar-refractivity contribution is 6.09. The summed E-state index contributed by atoms with van der Waals surface area (Å²) < 4.78 is 0. The summed E-state index contributed by atoms with van der Waals surface area (Å²) in [4.78, 5) is 12.6. The van der Waals surface area contributed by atoms with Gasteiger partial charge in [0, 0.05) is 17.7 Å². The van der Waals surface area contributed by atoms with E-state index in [1.54, 1.807) is 0 Å². The molecule has 0 spiro atoms. The molecule has 0 radical (unpaired) electrons. The van der Waals surface area contributed by atoms with Crippen molar-refractivity contribution in [1.82, 2.24) is 0 Å². The average molecular weight is 265 g/mol. The van der Waals surface area contributed by atoms with E-state index in [1.807, 2.05) is 30.3 Å². The van der Waals surface area contributed by atoms with E-state index in [4.69, 9.17) is 5.73 Å². The van der Waals surface area contributed by atoms with E-state index in [0.717, 1.165) is 29.5 Å². The zero-order valence-electron chi connectivity index (χ0n) is 11.6. The van der Waals surface area contributed by atoms with Gasteiger partial charge in [0.25, 0.3) is 0 Å². The van der Waals surface area contributed by atoms with Crippen molar-refractivity contribution in [2.24, 2.45) is 5.73 Å². The van der Waals surface area contributed by atoms with Crippen LogP contribution >= 0.6 is 0 Å². The molecule has 0 unspecified atom stereocenters. The molecule has 3 rings (SSSR count). The minimum absolute atomic E-state index is 0.0914. The van der Waals surface area contributed by atoms with Crippen LogP contribution in [0, 0.1) is 0 Å². The smallest absolute Gasteiger partial charge is 0.193 e. The molecule has 1 aliphatic rings. The molecule has 102 valence electrons. The van der Waals surface area contributed by atoms with Gasteiger partial charge in [-0.25, -0.2) is 0 Å². The van der Waals surface area contributed by atoms with Gasteiger partial charge < -0.3 is 5.73 Å². The van der Waals surface area contributed by atoms with Crippen molar-refractivity contribution in [3.05, 3.63) is 70.3 Å². The molecule has 2 aromatic carbocycles. The third-order valence-electron chi connectivity index (χ3n) is 4.04. The van der Waals surface area contributed by atoms with Gasteiger partial charge in [-0.05, 0) is 54.5 Å². The van der Waals surface area contributed by atoms with E-state index in [2.05, 4.69) is 12.1 Å². The predicted molar refractivity (Wildman–Crippen MR) is 80.8 cm³/mol. The van der Waals surface area contributed by atoms with Crippen LogP contribution in [0.3, 0.4) is 0 Å². The number of fused-ring (bicyclic) bond motifs is 1. The van der Waals surface area contributed by atoms with E-state index in [9.17, 15) is 4.79 Å². The lowest BCUT2D eigenvalue weighted by Crippen LogP contribution is -2.07. The van der Waals surface area contributed by atoms with E-state index in [-0.39, 0.29) is 5.78 Å². The highest BCUT2D eigenvalue weighted by Gasteiger charge is 2.14. The molecule has 2 heteroatoms. The number of nitrogens with two attached hydrogens (primary N) is 1. The molecule has 2 nitrogen and oxygen atoms in total. The standard InChI is InChI=1S/C18H19NO/c19-12-13-4-3-7-16(10-13)18(20)17-9-8-14-5-1-2-6-15(14)11-17/h3-4,7-11H,1-2,5-6,12,19H2. The Morgan fingerprint density at radius 2 is 1.70 bits per heavy atom. The van der Waals surface area contributed by atoms with Crippen LogP contribution in [0.5, 0.6) is 0 Å². The van der Waals surface area contributed by atoms with Gasteiger partial charge in [0.2, 0.25) is 0 Å². The molecule has 1 aliphatic carbocycles. The largest absolute Gasteiger partial charge is 0.326 e. The molecule has 20 heavy (non-hydrogen) atoms. The monoisotopic (exact) mass is 265 g/mol. The summed E-state index contributed by atoms with van der Waals surface area (Å²) in [5.41, 5.74) is 10.9. The Labute approximate surface area is 119 Å². The minimum Gasteiger partial charge on any atom is -0.326 e. The summed E-state index contributed by atoms with van der Waals surface area (Å²) in [7, 11) is 0. The summed E-state index contributed by atoms with van der Waals surface area (Å²) in [5.74, 6) is 0.0914. The normalized spacial score (nSPS) is 13.8. The van der Waals surface area contributed by atoms with Crippen LogP contribution in [0.25, 0.3) is 0 Å². The van der Waals surface area contributed by atoms with Crippen LogP contribution in [-0.4, -0.2) is 5.78 Å². The number of carbonyl (C=O) groups is 1. The Bertz CT molecular complexity index is 646. The Balaban J connectivity index is 1.93. The van der Waals surface area contributed by atoms with Gasteiger partial charge in [-0.15, -0.1) is 0 Å². The van der Waals surface area contributed by atoms with Crippen molar-refractivity contribution in [2.45, 2.75) is 32.2 Å². The Morgan fingerprint density at radius 1 is 0.950 bits per heavy atom. The van der Waals surface area contributed by atoms with E-state index in [0.29, 0.717) is 6.54 Å². The first kappa shape index (κ1) is 13.1. The van der Waals surface area contributed by atoms with E-state index >= 15 is 0 Å². The molecule has 0 saturated carbocycles. The SMILES string of the molecule is NCc1cccc(C(=O)c2ccc3c(c2)CCCC3)c1. The first-order chi connectivity index (χ1) is 9.78. The third-order valence-corrected chi connectivity index (χ3v) is 4.04. The van der Waals surface area contributed by atoms with Crippen molar-refractivity contribution in [3.8, 4) is 0 Å². The summed E-state index contributed by atoms with van der Waals surface area (Å²) in [5, 5.41) is 0. The van der Waals surface area contributed by atoms with Crippen LogP contribution in [0.2, 0.25) is 0 Å². The van der Waals surface area contributed by atoms with Gasteiger partial charge in [0.05, 0.1) is 0 Å². The third kappa shape index (κ3) is 2.52. The van der Waals surface area contributed by atoms with Gasteiger partial charge in [-0.3, -0.25) is 4.79 Å². The lowest BCUT2D eigenvalue weighted by atomic mass is 9.89. The highest BCUT2D eigenvalue weighted by Crippen LogP contribution is 2.23. The number of ketones is 1. The van der Waals surface area contributed by atoms with Crippen molar-refractivity contribution < 1.29 is 4.79 Å². The lowest BCUT2D eigenvalue weighted by Gasteiger charge is -2.16. The van der Waals surface area contributed by atoms with E-state index in [1.165, 1.54) is 24.0 Å². The van der Waals surface area contributed by atoms with Gasteiger partial charge >= 0.3 is 0 Å². The second-order valence-electron chi connectivity index (χ2n) is 5.42. The van der Waals surface area contributed by atoms with Crippen molar-refractivity contribution in [3.63, 3.8) is 0 Å². The van der Waals surface area contributed by atoms with Gasteiger partial charge in [0.15, 0.2) is 5.78 Å². The maximum absolute atomic E-state index is 12.6. The molecule has 0 amide bonds. The lowest BCUT2D eigenvalue weighted by molar-refractivity contribution is 0.103. The second-order valence-corrected chi connectivity index (χ2v) is 5.42. The highest BCUT2D eigenvalue weighted by atomic mass is 16.1. The molecule has 0 heterocycles. The van der Waals surface area contributed by atoms with Crippen molar-refractivity contribution in [2.75, 3.05) is 0 Å². The van der Waals surface area contributed by atoms with E-state index < -0.39 is 0 Å². The van der Waals surface area contributed by atoms with Crippen LogP contribution in [0.1, 0.15) is 45.5 Å². The Hall–Kier alpha value is -1.93. The number of carbonyl (C=O) groups excluding carboxylic acids is 1. The number of hydrogen-bond donors (Lipinski definition) is 1. The van der Waals surface area contributed by atoms with Gasteiger partial charge in [-0.1, -0.05) is 30.3 Å². The molecule has 0 bridgehead atoms. The molecule has 2 aromatic rings. The van der Waals surface area contributed by atoms with Gasteiger partial charge in [-0.2, -0.15) is 0 Å². The molecule has 0 atom stereocenters. The Morgan fingerprint density at radius 3 is 2.50 bits per heavy atom. The fourth-order valence-corrected chi connectivity index (χ4v) is 2.88. The minimum atomic E-state index is 0.0914. The molecule has 0 aliphatic heterocycles. The number of aryl methyl sites for hydroxylation is 2. The van der Waals surface area contributed by atoms with Crippen LogP contribution in [0.15, 0.2) is 42.5 Å². The van der Waals surface area contributed by atoms with Crippen molar-refractivity contribution >= 4 is 5.78 Å². The van der Waals surface area contributed by atoms with Crippen LogP contribution < -0.4 is 5.73 Å². The number of hydrogen-bond acceptors (Lipinski definition) is 2. The second kappa shape index (κ2) is 5.59. The zero-order chi connectivity index (χ0) is 13.9. The summed E-state index contributed by atoms with van der Waals surface area (Å²) in [6, 6.07) is 13.8. The maximum Gasteiger partial charge on any atom is 0.193 e. The molecule has 0 aromatic heterocycles. The first-order valence-corrected chi connectivity index (χ1v) is 7.23. The fourth-order valence-electron chi connectivity index (χ4n) is 2.88. The quantitative estimate of drug-likeness (QED) is 0.866. The van der Waals surface area contributed by atoms with Crippen LogP contribution in [0.4, 0.5) is 0 Å². The Kier molecular flexibility index (Phi) is 3.66. The average Bonchev–Trinajstić information content (AvgIpc) is 2.53. The number of benzene rings is 2. The maximum atomic E-state index is 12.6. The van der Waals surface area contributed by atoms with Crippen LogP contribution in [-0.2, 0) is 19.4 Å². The molecular formula is C18H19NO. The van der Waals surface area contributed by atoms with Crippen molar-refractivity contribution in [1.29, 1.82) is 0 Å². The zero-order valence-corrected chi connectivity index (χ0v) is 11.6. The summed E-state index contributed by atoms with van der Waals surface area (Å²) >= 11 is 0. The molecule has 0 saturated heterocycles. The summed E-state index contributed by atoms with van der Waals surface area (Å²) in [6.45, 7) is 0.464. The molecule has 2 N–H and O–H groups in total. The molecule has 0 fully saturated rings. The number of rotatable bonds is 3. The van der Waals surface area contributed by atoms with Gasteiger partial charge in [0.1, 0.15) is 0 Å². The molecular weight excluding hydrogens is 246 g/mol.